The van der Waals surface area contributed by atoms with Gasteiger partial charge in [0.25, 0.3) is 5.91 Å². The summed E-state index contributed by atoms with van der Waals surface area (Å²) in [6.45, 7) is 12.6. The van der Waals surface area contributed by atoms with E-state index in [9.17, 15) is 4.79 Å². The number of benzene rings is 2. The summed E-state index contributed by atoms with van der Waals surface area (Å²) in [5.41, 5.74) is 5.19. The van der Waals surface area contributed by atoms with E-state index < -0.39 is 0 Å². The summed E-state index contributed by atoms with van der Waals surface area (Å²) >= 11 is 0. The molecular weight excluding hydrogens is 464 g/mol. The van der Waals surface area contributed by atoms with E-state index in [2.05, 4.69) is 57.4 Å². The monoisotopic (exact) mass is 502 g/mol. The van der Waals surface area contributed by atoms with Crippen LogP contribution in [0.1, 0.15) is 43.1 Å². The standard InChI is InChI=1S/C30H38N4O3/c1-4-11-32-30(35)24-7-9-27(10-8-24)34-14-12-33(13-15-34)22-23-16-25(18-28(17-23)36-5-2)26-19-29(37-6-3)21-31-20-26/h7-10,16-21H,4-6,11-15,22H2,1-3H3,(H,32,35). The number of anilines is 1. The topological polar surface area (TPSA) is 66.9 Å². The molecule has 1 aliphatic heterocycles. The van der Waals surface area contributed by atoms with Gasteiger partial charge in [-0.15, -0.1) is 0 Å². The van der Waals surface area contributed by atoms with Crippen LogP contribution in [0.3, 0.4) is 0 Å². The van der Waals surface area contributed by atoms with Gasteiger partial charge in [-0.05, 0) is 79.9 Å². The number of hydrogen-bond acceptors (Lipinski definition) is 6. The maximum Gasteiger partial charge on any atom is 0.251 e. The molecule has 1 amide bonds. The van der Waals surface area contributed by atoms with Crippen molar-refractivity contribution in [2.24, 2.45) is 0 Å². The number of hydrogen-bond donors (Lipinski definition) is 1. The Labute approximate surface area is 220 Å². The van der Waals surface area contributed by atoms with Crippen molar-refractivity contribution in [3.8, 4) is 22.6 Å². The molecule has 4 rings (SSSR count). The Morgan fingerprint density at radius 1 is 0.865 bits per heavy atom. The number of nitrogens with one attached hydrogen (secondary N) is 1. The van der Waals surface area contributed by atoms with E-state index in [4.69, 9.17) is 9.47 Å². The third-order valence-corrected chi connectivity index (χ3v) is 6.44. The first-order chi connectivity index (χ1) is 18.1. The van der Waals surface area contributed by atoms with Gasteiger partial charge in [-0.1, -0.05) is 6.92 Å². The number of rotatable bonds is 11. The minimum absolute atomic E-state index is 0.00716. The maximum absolute atomic E-state index is 12.2. The lowest BCUT2D eigenvalue weighted by Gasteiger charge is -2.36. The predicted molar refractivity (Wildman–Crippen MR) is 149 cm³/mol. The Bertz CT molecular complexity index is 1160. The van der Waals surface area contributed by atoms with E-state index in [0.29, 0.717) is 25.3 Å². The van der Waals surface area contributed by atoms with Crippen LogP contribution in [0.15, 0.2) is 60.9 Å². The smallest absolute Gasteiger partial charge is 0.251 e. The van der Waals surface area contributed by atoms with Crippen LogP contribution in [0.2, 0.25) is 0 Å². The molecule has 0 radical (unpaired) electrons. The molecule has 0 unspecified atom stereocenters. The fraction of sp³-hybridized carbons (Fsp3) is 0.400. The number of ether oxygens (including phenoxy) is 2. The molecule has 7 heteroatoms. The van der Waals surface area contributed by atoms with Crippen molar-refractivity contribution in [3.05, 3.63) is 72.1 Å². The number of carbonyl (C=O) groups is 1. The lowest BCUT2D eigenvalue weighted by Crippen LogP contribution is -2.46. The minimum atomic E-state index is -0.00716. The van der Waals surface area contributed by atoms with Crippen molar-refractivity contribution >= 4 is 11.6 Å². The Hall–Kier alpha value is -3.58. The second kappa shape index (κ2) is 13.1. The van der Waals surface area contributed by atoms with Gasteiger partial charge in [0.1, 0.15) is 11.5 Å². The van der Waals surface area contributed by atoms with Crippen molar-refractivity contribution < 1.29 is 14.3 Å². The molecule has 1 aromatic heterocycles. The van der Waals surface area contributed by atoms with Gasteiger partial charge in [0.2, 0.25) is 0 Å². The molecule has 196 valence electrons. The lowest BCUT2D eigenvalue weighted by atomic mass is 10.0. The molecule has 0 aliphatic carbocycles. The van der Waals surface area contributed by atoms with Gasteiger partial charge in [-0.2, -0.15) is 0 Å². The van der Waals surface area contributed by atoms with Crippen molar-refractivity contribution in [1.82, 2.24) is 15.2 Å². The molecule has 1 N–H and O–H groups in total. The average Bonchev–Trinajstić information content (AvgIpc) is 2.93. The van der Waals surface area contributed by atoms with Gasteiger partial charge in [0, 0.05) is 62.3 Å². The van der Waals surface area contributed by atoms with E-state index in [1.807, 2.05) is 38.2 Å². The van der Waals surface area contributed by atoms with Gasteiger partial charge in [0.15, 0.2) is 0 Å². The molecule has 1 saturated heterocycles. The Morgan fingerprint density at radius 3 is 2.27 bits per heavy atom. The summed E-state index contributed by atoms with van der Waals surface area (Å²) in [6.07, 6.45) is 4.55. The molecule has 37 heavy (non-hydrogen) atoms. The average molecular weight is 503 g/mol. The Balaban J connectivity index is 1.40. The van der Waals surface area contributed by atoms with Gasteiger partial charge in [-0.3, -0.25) is 14.7 Å². The summed E-state index contributed by atoms with van der Waals surface area (Å²) < 4.78 is 11.5. The van der Waals surface area contributed by atoms with Crippen molar-refractivity contribution in [3.63, 3.8) is 0 Å². The molecular formula is C30H38N4O3. The van der Waals surface area contributed by atoms with Crippen LogP contribution in [0.25, 0.3) is 11.1 Å². The van der Waals surface area contributed by atoms with Gasteiger partial charge < -0.3 is 19.7 Å². The molecule has 0 spiro atoms. The highest BCUT2D eigenvalue weighted by Gasteiger charge is 2.18. The second-order valence-corrected chi connectivity index (χ2v) is 9.21. The van der Waals surface area contributed by atoms with Crippen LogP contribution in [-0.4, -0.2) is 61.7 Å². The van der Waals surface area contributed by atoms with Gasteiger partial charge in [-0.25, -0.2) is 0 Å². The van der Waals surface area contributed by atoms with Crippen LogP contribution in [0.4, 0.5) is 5.69 Å². The number of nitrogens with zero attached hydrogens (tertiary/aromatic N) is 3. The zero-order chi connectivity index (χ0) is 26.0. The molecule has 7 nitrogen and oxygen atoms in total. The SMILES string of the molecule is CCCNC(=O)c1ccc(N2CCN(Cc3cc(OCC)cc(-c4cncc(OCC)c4)c3)CC2)cc1. The maximum atomic E-state index is 12.2. The fourth-order valence-corrected chi connectivity index (χ4v) is 4.58. The summed E-state index contributed by atoms with van der Waals surface area (Å²) in [7, 11) is 0. The summed E-state index contributed by atoms with van der Waals surface area (Å²) in [5, 5.41) is 2.93. The Morgan fingerprint density at radius 2 is 1.57 bits per heavy atom. The number of pyridine rings is 1. The molecule has 2 aromatic carbocycles. The van der Waals surface area contributed by atoms with Crippen LogP contribution < -0.4 is 19.7 Å². The van der Waals surface area contributed by atoms with E-state index in [-0.39, 0.29) is 5.91 Å². The highest BCUT2D eigenvalue weighted by atomic mass is 16.5. The van der Waals surface area contributed by atoms with Crippen LogP contribution >= 0.6 is 0 Å². The van der Waals surface area contributed by atoms with E-state index >= 15 is 0 Å². The van der Waals surface area contributed by atoms with Crippen LogP contribution in [0, 0.1) is 0 Å². The largest absolute Gasteiger partial charge is 0.494 e. The summed E-state index contributed by atoms with van der Waals surface area (Å²) in [5.74, 6) is 1.64. The lowest BCUT2D eigenvalue weighted by molar-refractivity contribution is 0.0953. The summed E-state index contributed by atoms with van der Waals surface area (Å²) in [4.78, 5) is 21.4. The molecule has 0 atom stereocenters. The third-order valence-electron chi connectivity index (χ3n) is 6.44. The third kappa shape index (κ3) is 7.23. The molecule has 0 saturated carbocycles. The number of aromatic nitrogens is 1. The first-order valence-corrected chi connectivity index (χ1v) is 13.3. The fourth-order valence-electron chi connectivity index (χ4n) is 4.58. The van der Waals surface area contributed by atoms with Crippen molar-refractivity contribution in [2.75, 3.05) is 50.8 Å². The highest BCUT2D eigenvalue weighted by Crippen LogP contribution is 2.29. The summed E-state index contributed by atoms with van der Waals surface area (Å²) in [6, 6.07) is 16.4. The van der Waals surface area contributed by atoms with Crippen molar-refractivity contribution in [1.29, 1.82) is 0 Å². The van der Waals surface area contributed by atoms with Gasteiger partial charge in [0.05, 0.1) is 19.4 Å². The molecule has 0 bridgehead atoms. The minimum Gasteiger partial charge on any atom is -0.494 e. The normalized spacial score (nSPS) is 13.9. The Kier molecular flexibility index (Phi) is 9.38. The molecule has 3 aromatic rings. The first-order valence-electron chi connectivity index (χ1n) is 13.3. The molecule has 2 heterocycles. The number of carbonyl (C=O) groups excluding carboxylic acids is 1. The number of amides is 1. The predicted octanol–water partition coefficient (Wildman–Crippen LogP) is 5.01. The molecule has 1 fully saturated rings. The first kappa shape index (κ1) is 26.5. The highest BCUT2D eigenvalue weighted by molar-refractivity contribution is 5.94. The van der Waals surface area contributed by atoms with Gasteiger partial charge >= 0.3 is 0 Å². The van der Waals surface area contributed by atoms with Crippen molar-refractivity contribution in [2.45, 2.75) is 33.7 Å². The zero-order valence-corrected chi connectivity index (χ0v) is 22.2. The molecule has 1 aliphatic rings. The van der Waals surface area contributed by atoms with Crippen LogP contribution in [0.5, 0.6) is 11.5 Å². The quantitative estimate of drug-likeness (QED) is 0.398. The van der Waals surface area contributed by atoms with E-state index in [1.54, 1.807) is 6.20 Å². The zero-order valence-electron chi connectivity index (χ0n) is 22.2. The van der Waals surface area contributed by atoms with E-state index in [0.717, 1.165) is 67.5 Å². The van der Waals surface area contributed by atoms with Crippen LogP contribution in [-0.2, 0) is 6.54 Å². The number of piperazine rings is 1. The van der Waals surface area contributed by atoms with E-state index in [1.165, 1.54) is 5.56 Å². The second-order valence-electron chi connectivity index (χ2n) is 9.21.